The lowest BCUT2D eigenvalue weighted by Gasteiger charge is -2.07. The average molecular weight is 240 g/mol. The molecular weight excluding hydrogens is 228 g/mol. The maximum absolute atomic E-state index is 12.0. The number of hydrogen-bond donors (Lipinski definition) is 0. The normalized spacial score (nSPS) is 11.1. The van der Waals surface area contributed by atoms with Crippen LogP contribution in [0.5, 0.6) is 0 Å². The van der Waals surface area contributed by atoms with Crippen LogP contribution in [0.3, 0.4) is 0 Å². The van der Waals surface area contributed by atoms with Crippen molar-refractivity contribution < 1.29 is 0 Å². The minimum Gasteiger partial charge on any atom is -0.287 e. The zero-order chi connectivity index (χ0) is 10.8. The van der Waals surface area contributed by atoms with Gasteiger partial charge in [0.1, 0.15) is 4.70 Å². The van der Waals surface area contributed by atoms with Crippen LogP contribution in [0.4, 0.5) is 0 Å². The smallest absolute Gasteiger partial charge is 0.272 e. The maximum atomic E-state index is 12.0. The van der Waals surface area contributed by atoms with E-state index in [0.29, 0.717) is 6.54 Å². The predicted molar refractivity (Wildman–Crippen MR) is 66.0 cm³/mol. The Morgan fingerprint density at radius 3 is 3.00 bits per heavy atom. The second kappa shape index (κ2) is 4.37. The molecule has 3 nitrogen and oxygen atoms in total. The van der Waals surface area contributed by atoms with Crippen LogP contribution in [0.1, 0.15) is 13.8 Å². The summed E-state index contributed by atoms with van der Waals surface area (Å²) in [6, 6.07) is 1.90. The molecule has 0 N–H and O–H groups in total. The topological polar surface area (TPSA) is 34.9 Å². The Bertz CT molecular complexity index is 530. The SMILES string of the molecule is CCSc1nc2ccsc2c(=O)n1CC. The summed E-state index contributed by atoms with van der Waals surface area (Å²) in [5.41, 5.74) is 0.916. The number of hydrogen-bond acceptors (Lipinski definition) is 4. The van der Waals surface area contributed by atoms with Crippen LogP contribution in [0, 0.1) is 0 Å². The second-order valence-electron chi connectivity index (χ2n) is 3.01. The molecule has 80 valence electrons. The molecule has 0 aliphatic rings. The minimum atomic E-state index is 0.0912. The number of rotatable bonds is 3. The van der Waals surface area contributed by atoms with Gasteiger partial charge in [-0.1, -0.05) is 18.7 Å². The van der Waals surface area contributed by atoms with E-state index in [-0.39, 0.29) is 5.56 Å². The second-order valence-corrected chi connectivity index (χ2v) is 5.16. The van der Waals surface area contributed by atoms with E-state index < -0.39 is 0 Å². The standard InChI is InChI=1S/C10H12N2OS2/c1-3-12-9(13)8-7(5-6-15-8)11-10(12)14-4-2/h5-6H,3-4H2,1-2H3. The summed E-state index contributed by atoms with van der Waals surface area (Å²) < 4.78 is 2.50. The summed E-state index contributed by atoms with van der Waals surface area (Å²) in [5.74, 6) is 0.933. The van der Waals surface area contributed by atoms with Crippen LogP contribution in [0.2, 0.25) is 0 Å². The Morgan fingerprint density at radius 2 is 2.33 bits per heavy atom. The Hall–Kier alpha value is -0.810. The molecule has 5 heteroatoms. The summed E-state index contributed by atoms with van der Waals surface area (Å²) in [7, 11) is 0. The molecule has 0 aromatic carbocycles. The molecular formula is C10H12N2OS2. The number of thiophene rings is 1. The van der Waals surface area contributed by atoms with Gasteiger partial charge in [-0.2, -0.15) is 0 Å². The molecule has 0 saturated carbocycles. The van der Waals surface area contributed by atoms with Crippen molar-refractivity contribution in [1.29, 1.82) is 0 Å². The first kappa shape index (κ1) is 10.7. The van der Waals surface area contributed by atoms with Gasteiger partial charge in [-0.15, -0.1) is 11.3 Å². The Kier molecular flexibility index (Phi) is 3.11. The molecule has 2 aromatic rings. The van der Waals surface area contributed by atoms with E-state index in [4.69, 9.17) is 0 Å². The number of thioether (sulfide) groups is 1. The Balaban J connectivity index is 2.73. The van der Waals surface area contributed by atoms with Crippen molar-refractivity contribution in [2.24, 2.45) is 0 Å². The molecule has 2 heterocycles. The molecule has 0 bridgehead atoms. The minimum absolute atomic E-state index is 0.0912. The highest BCUT2D eigenvalue weighted by molar-refractivity contribution is 7.99. The van der Waals surface area contributed by atoms with E-state index in [1.165, 1.54) is 11.3 Å². The van der Waals surface area contributed by atoms with E-state index in [0.717, 1.165) is 21.1 Å². The summed E-state index contributed by atoms with van der Waals surface area (Å²) in [6.07, 6.45) is 0. The van der Waals surface area contributed by atoms with Crippen molar-refractivity contribution in [3.63, 3.8) is 0 Å². The molecule has 0 aliphatic heterocycles. The lowest BCUT2D eigenvalue weighted by molar-refractivity contribution is 0.636. The molecule has 0 atom stereocenters. The van der Waals surface area contributed by atoms with Crippen LogP contribution in [0.15, 0.2) is 21.4 Å². The summed E-state index contributed by atoms with van der Waals surface area (Å²) in [6.45, 7) is 4.72. The molecule has 2 aromatic heterocycles. The molecule has 0 radical (unpaired) electrons. The van der Waals surface area contributed by atoms with Gasteiger partial charge in [-0.25, -0.2) is 4.98 Å². The fourth-order valence-electron chi connectivity index (χ4n) is 1.44. The number of fused-ring (bicyclic) bond motifs is 1. The molecule has 0 spiro atoms. The Morgan fingerprint density at radius 1 is 1.53 bits per heavy atom. The average Bonchev–Trinajstić information content (AvgIpc) is 2.67. The van der Waals surface area contributed by atoms with Crippen molar-refractivity contribution >= 4 is 33.3 Å². The van der Waals surface area contributed by atoms with Crippen molar-refractivity contribution in [2.45, 2.75) is 25.5 Å². The maximum Gasteiger partial charge on any atom is 0.272 e. The Labute approximate surface area is 96.1 Å². The molecule has 15 heavy (non-hydrogen) atoms. The third-order valence-corrected chi connectivity index (χ3v) is 3.87. The number of nitrogens with zero attached hydrogens (tertiary/aromatic N) is 2. The fraction of sp³-hybridized carbons (Fsp3) is 0.400. The van der Waals surface area contributed by atoms with E-state index >= 15 is 0 Å². The monoisotopic (exact) mass is 240 g/mol. The quantitative estimate of drug-likeness (QED) is 0.611. The summed E-state index contributed by atoms with van der Waals surface area (Å²) in [5, 5.41) is 2.75. The van der Waals surface area contributed by atoms with Gasteiger partial charge in [-0.3, -0.25) is 9.36 Å². The van der Waals surface area contributed by atoms with Crippen molar-refractivity contribution in [3.05, 3.63) is 21.8 Å². The molecule has 0 fully saturated rings. The molecule has 0 unspecified atom stereocenters. The molecule has 2 rings (SSSR count). The van der Waals surface area contributed by atoms with Crippen molar-refractivity contribution in [3.8, 4) is 0 Å². The van der Waals surface area contributed by atoms with Crippen LogP contribution < -0.4 is 5.56 Å². The molecule has 0 saturated heterocycles. The third kappa shape index (κ3) is 1.81. The van der Waals surface area contributed by atoms with Gasteiger partial charge in [0.25, 0.3) is 5.56 Å². The van der Waals surface area contributed by atoms with E-state index in [9.17, 15) is 4.79 Å². The highest BCUT2D eigenvalue weighted by Crippen LogP contribution is 2.20. The van der Waals surface area contributed by atoms with Gasteiger partial charge in [0, 0.05) is 6.54 Å². The first-order chi connectivity index (χ1) is 7.27. The van der Waals surface area contributed by atoms with Gasteiger partial charge in [0.2, 0.25) is 0 Å². The predicted octanol–water partition coefficient (Wildman–Crippen LogP) is 2.59. The van der Waals surface area contributed by atoms with Gasteiger partial charge < -0.3 is 0 Å². The third-order valence-electron chi connectivity index (χ3n) is 2.12. The zero-order valence-electron chi connectivity index (χ0n) is 8.69. The highest BCUT2D eigenvalue weighted by Gasteiger charge is 2.10. The summed E-state index contributed by atoms with van der Waals surface area (Å²) in [4.78, 5) is 16.5. The van der Waals surface area contributed by atoms with Crippen molar-refractivity contribution in [2.75, 3.05) is 5.75 Å². The van der Waals surface area contributed by atoms with Gasteiger partial charge in [0.15, 0.2) is 5.16 Å². The van der Waals surface area contributed by atoms with Crippen LogP contribution >= 0.6 is 23.1 Å². The first-order valence-corrected chi connectivity index (χ1v) is 6.75. The van der Waals surface area contributed by atoms with Crippen LogP contribution in [-0.2, 0) is 6.54 Å². The lowest BCUT2D eigenvalue weighted by Crippen LogP contribution is -2.21. The number of aromatic nitrogens is 2. The fourth-order valence-corrected chi connectivity index (χ4v) is 3.01. The highest BCUT2D eigenvalue weighted by atomic mass is 32.2. The van der Waals surface area contributed by atoms with Crippen molar-refractivity contribution in [1.82, 2.24) is 9.55 Å². The van der Waals surface area contributed by atoms with E-state index in [2.05, 4.69) is 11.9 Å². The largest absolute Gasteiger partial charge is 0.287 e. The van der Waals surface area contributed by atoms with Crippen LogP contribution in [0.25, 0.3) is 10.2 Å². The van der Waals surface area contributed by atoms with Gasteiger partial charge >= 0.3 is 0 Å². The molecule has 0 amide bonds. The molecule has 0 aliphatic carbocycles. The van der Waals surface area contributed by atoms with Gasteiger partial charge in [-0.05, 0) is 24.1 Å². The summed E-state index contributed by atoms with van der Waals surface area (Å²) >= 11 is 3.08. The first-order valence-electron chi connectivity index (χ1n) is 4.88. The van der Waals surface area contributed by atoms with Gasteiger partial charge in [0.05, 0.1) is 5.52 Å². The zero-order valence-corrected chi connectivity index (χ0v) is 10.3. The van der Waals surface area contributed by atoms with E-state index in [1.54, 1.807) is 16.3 Å². The lowest BCUT2D eigenvalue weighted by atomic mass is 10.5. The van der Waals surface area contributed by atoms with E-state index in [1.807, 2.05) is 18.4 Å². The van der Waals surface area contributed by atoms with Crippen LogP contribution in [-0.4, -0.2) is 15.3 Å².